The van der Waals surface area contributed by atoms with Crippen LogP contribution in [-0.4, -0.2) is 65.0 Å². The first-order chi connectivity index (χ1) is 17.3. The summed E-state index contributed by atoms with van der Waals surface area (Å²) < 4.78 is 0.947. The van der Waals surface area contributed by atoms with E-state index in [1.54, 1.807) is 6.33 Å². The van der Waals surface area contributed by atoms with Gasteiger partial charge in [0.05, 0.1) is 12.2 Å². The Morgan fingerprint density at radius 3 is 2.78 bits per heavy atom. The van der Waals surface area contributed by atoms with Crippen molar-refractivity contribution < 1.29 is 0 Å². The normalized spacial score (nSPS) is 17.1. The van der Waals surface area contributed by atoms with E-state index in [0.29, 0.717) is 0 Å². The molecule has 0 spiro atoms. The summed E-state index contributed by atoms with van der Waals surface area (Å²) in [5, 5.41) is 3.64. The highest BCUT2D eigenvalue weighted by Gasteiger charge is 2.32. The van der Waals surface area contributed by atoms with E-state index in [-0.39, 0.29) is 5.41 Å². The second-order valence-electron chi connectivity index (χ2n) is 10.8. The highest BCUT2D eigenvalue weighted by molar-refractivity contribution is 14.1. The molecule has 1 N–H and O–H groups in total. The molecule has 3 aromatic rings. The molecule has 8 heteroatoms. The number of rotatable bonds is 7. The fraction of sp³-hybridized carbons (Fsp3) is 0.464. The van der Waals surface area contributed by atoms with E-state index < -0.39 is 0 Å². The smallest absolute Gasteiger partial charge is 0.137 e. The first kappa shape index (κ1) is 25.4. The molecule has 0 amide bonds. The molecule has 0 bridgehead atoms. The molecule has 0 saturated heterocycles. The Bertz CT molecular complexity index is 1230. The summed E-state index contributed by atoms with van der Waals surface area (Å²) in [4.78, 5) is 21.2. The number of aromatic nitrogens is 3. The van der Waals surface area contributed by atoms with E-state index in [1.807, 2.05) is 12.3 Å². The van der Waals surface area contributed by atoms with Crippen molar-refractivity contribution in [1.82, 2.24) is 24.8 Å². The number of nitrogens with zero attached hydrogens (tertiary/aromatic N) is 6. The number of likely N-dealkylation sites (N-methyl/N-ethyl adjacent to an activating group) is 1. The molecule has 7 nitrogen and oxygen atoms in total. The topological polar surface area (TPSA) is 60.4 Å². The third-order valence-electron chi connectivity index (χ3n) is 7.29. The maximum atomic E-state index is 4.67. The van der Waals surface area contributed by atoms with E-state index in [9.17, 15) is 0 Å². The minimum Gasteiger partial charge on any atom is -0.350 e. The molecule has 190 valence electrons. The minimum atomic E-state index is 0.137. The molecule has 0 unspecified atom stereocenters. The maximum Gasteiger partial charge on any atom is 0.137 e. The average molecular weight is 598 g/mol. The summed E-state index contributed by atoms with van der Waals surface area (Å²) in [6.45, 7) is 10.6. The van der Waals surface area contributed by atoms with E-state index in [1.165, 1.54) is 22.3 Å². The van der Waals surface area contributed by atoms with Crippen LogP contribution in [0.2, 0.25) is 0 Å². The number of alkyl halides is 1. The number of pyridine rings is 1. The summed E-state index contributed by atoms with van der Waals surface area (Å²) in [6.07, 6.45) is 4.46. The van der Waals surface area contributed by atoms with Crippen LogP contribution >= 0.6 is 22.6 Å². The van der Waals surface area contributed by atoms with Gasteiger partial charge in [0.1, 0.15) is 18.0 Å². The Hall–Kier alpha value is -2.30. The summed E-state index contributed by atoms with van der Waals surface area (Å²) in [7, 11) is 4.29. The van der Waals surface area contributed by atoms with Gasteiger partial charge in [-0.05, 0) is 49.8 Å². The zero-order chi connectivity index (χ0) is 25.3. The van der Waals surface area contributed by atoms with Crippen molar-refractivity contribution in [2.75, 3.05) is 50.5 Å². The van der Waals surface area contributed by atoms with Crippen molar-refractivity contribution in [3.05, 3.63) is 70.8 Å². The predicted octanol–water partition coefficient (Wildman–Crippen LogP) is 4.77. The van der Waals surface area contributed by atoms with Crippen molar-refractivity contribution in [3.63, 3.8) is 0 Å². The van der Waals surface area contributed by atoms with Crippen molar-refractivity contribution in [2.45, 2.75) is 43.2 Å². The van der Waals surface area contributed by atoms with E-state index >= 15 is 0 Å². The summed E-state index contributed by atoms with van der Waals surface area (Å²) in [5.41, 5.74) is 7.66. The van der Waals surface area contributed by atoms with E-state index in [2.05, 4.69) is 110 Å². The summed E-state index contributed by atoms with van der Waals surface area (Å²) in [5.74, 6) is 2.00. The Morgan fingerprint density at radius 1 is 1.11 bits per heavy atom. The lowest BCUT2D eigenvalue weighted by Gasteiger charge is -2.40. The van der Waals surface area contributed by atoms with Crippen LogP contribution < -0.4 is 10.2 Å². The van der Waals surface area contributed by atoms with Crippen LogP contribution in [0.3, 0.4) is 0 Å². The van der Waals surface area contributed by atoms with Crippen LogP contribution in [0.1, 0.15) is 41.8 Å². The average Bonchev–Trinajstić information content (AvgIpc) is 2.86. The number of hydrogen-bond acceptors (Lipinski definition) is 7. The van der Waals surface area contributed by atoms with Gasteiger partial charge in [-0.15, -0.1) is 0 Å². The van der Waals surface area contributed by atoms with E-state index in [4.69, 9.17) is 0 Å². The minimum absolute atomic E-state index is 0.137. The lowest BCUT2D eigenvalue weighted by atomic mass is 9.78. The van der Waals surface area contributed by atoms with E-state index in [0.717, 1.165) is 73.1 Å². The number of halogens is 1. The third-order valence-corrected chi connectivity index (χ3v) is 8.11. The standard InChI is InChI=1S/C28H36IN7/c1-28(2)18-35(13-12-34(3)4)16-21-14-22(7-8-24(21)28)33-26-23-9-11-36(17-25(23)31-19-32-26)27-20(15-29)6-5-10-30-27/h5-8,10,14,19H,9,11-13,15-18H2,1-4H3,(H,31,32,33). The van der Waals surface area contributed by atoms with Gasteiger partial charge in [0.2, 0.25) is 0 Å². The molecule has 4 heterocycles. The fourth-order valence-electron chi connectivity index (χ4n) is 5.50. The number of fused-ring (bicyclic) bond motifs is 2. The molecule has 0 saturated carbocycles. The largest absolute Gasteiger partial charge is 0.350 e. The highest BCUT2D eigenvalue weighted by atomic mass is 127. The van der Waals surface area contributed by atoms with Crippen molar-refractivity contribution in [2.24, 2.45) is 0 Å². The molecule has 0 atom stereocenters. The Labute approximate surface area is 228 Å². The summed E-state index contributed by atoms with van der Waals surface area (Å²) in [6, 6.07) is 11.0. The molecule has 5 rings (SSSR count). The fourth-order valence-corrected chi connectivity index (χ4v) is 6.10. The zero-order valence-corrected chi connectivity index (χ0v) is 23.9. The second-order valence-corrected chi connectivity index (χ2v) is 11.6. The van der Waals surface area contributed by atoms with Gasteiger partial charge in [-0.25, -0.2) is 15.0 Å². The molecule has 2 aliphatic rings. The van der Waals surface area contributed by atoms with Crippen LogP contribution in [0.25, 0.3) is 0 Å². The van der Waals surface area contributed by atoms with Gasteiger partial charge in [0, 0.05) is 65.6 Å². The van der Waals surface area contributed by atoms with Crippen LogP contribution in [-0.2, 0) is 29.4 Å². The SMILES string of the molecule is CN(C)CCN1Cc2cc(Nc3ncnc4c3CCN(c3ncccc3CI)C4)ccc2C(C)(C)C1. The molecular weight excluding hydrogens is 561 g/mol. The quantitative estimate of drug-likeness (QED) is 0.311. The molecule has 0 fully saturated rings. The number of benzene rings is 1. The summed E-state index contributed by atoms with van der Waals surface area (Å²) >= 11 is 2.41. The van der Waals surface area contributed by atoms with Crippen LogP contribution in [0.15, 0.2) is 42.9 Å². The van der Waals surface area contributed by atoms with Gasteiger partial charge >= 0.3 is 0 Å². The molecular formula is C28H36IN7. The van der Waals surface area contributed by atoms with Gasteiger partial charge in [-0.1, -0.05) is 48.6 Å². The first-order valence-electron chi connectivity index (χ1n) is 12.7. The van der Waals surface area contributed by atoms with Crippen molar-refractivity contribution in [1.29, 1.82) is 0 Å². The molecule has 1 aromatic carbocycles. The number of anilines is 3. The lowest BCUT2D eigenvalue weighted by Crippen LogP contribution is -2.44. The van der Waals surface area contributed by atoms with Gasteiger partial charge in [0.25, 0.3) is 0 Å². The third kappa shape index (κ3) is 5.35. The predicted molar refractivity (Wildman–Crippen MR) is 155 cm³/mol. The monoisotopic (exact) mass is 597 g/mol. The van der Waals surface area contributed by atoms with Crippen LogP contribution in [0.4, 0.5) is 17.3 Å². The molecule has 2 aromatic heterocycles. The number of hydrogen-bond donors (Lipinski definition) is 1. The van der Waals surface area contributed by atoms with Crippen LogP contribution in [0, 0.1) is 0 Å². The van der Waals surface area contributed by atoms with Gasteiger partial charge in [0.15, 0.2) is 0 Å². The zero-order valence-electron chi connectivity index (χ0n) is 21.8. The molecule has 36 heavy (non-hydrogen) atoms. The lowest BCUT2D eigenvalue weighted by molar-refractivity contribution is 0.178. The van der Waals surface area contributed by atoms with Crippen LogP contribution in [0.5, 0.6) is 0 Å². The van der Waals surface area contributed by atoms with Gasteiger partial charge in [-0.2, -0.15) is 0 Å². The Morgan fingerprint density at radius 2 is 1.97 bits per heavy atom. The Kier molecular flexibility index (Phi) is 7.46. The molecule has 0 aliphatic carbocycles. The molecule has 2 aliphatic heterocycles. The second kappa shape index (κ2) is 10.6. The highest BCUT2D eigenvalue weighted by Crippen LogP contribution is 2.36. The first-order valence-corrected chi connectivity index (χ1v) is 14.2. The Balaban J connectivity index is 1.36. The van der Waals surface area contributed by atoms with Crippen molar-refractivity contribution >= 4 is 39.9 Å². The van der Waals surface area contributed by atoms with Crippen molar-refractivity contribution in [3.8, 4) is 0 Å². The van der Waals surface area contributed by atoms with Gasteiger partial charge in [-0.3, -0.25) is 4.90 Å². The number of nitrogens with one attached hydrogen (secondary N) is 1. The maximum absolute atomic E-state index is 4.67. The molecule has 0 radical (unpaired) electrons. The van der Waals surface area contributed by atoms with Gasteiger partial charge < -0.3 is 15.1 Å².